The molecule has 0 aromatic heterocycles. The number of unbranched alkanes of at least 4 members (excludes halogenated alkanes) is 43. The summed E-state index contributed by atoms with van der Waals surface area (Å²) in [4.78, 5) is 72.5. The first kappa shape index (κ1) is 88.1. The number of rotatable bonds is 71. The molecule has 19 heteroatoms. The summed E-state index contributed by atoms with van der Waals surface area (Å²) in [7, 11) is -9.90. The van der Waals surface area contributed by atoms with Crippen LogP contribution in [0.15, 0.2) is 0 Å². The van der Waals surface area contributed by atoms with Crippen molar-refractivity contribution in [2.24, 2.45) is 5.92 Å². The third-order valence-electron chi connectivity index (χ3n) is 16.5. The largest absolute Gasteiger partial charge is 0.472 e. The second-order valence-electron chi connectivity index (χ2n) is 26.1. The molecule has 5 atom stereocenters. The molecule has 534 valence electrons. The first-order chi connectivity index (χ1) is 43.5. The van der Waals surface area contributed by atoms with Crippen LogP contribution in [0.25, 0.3) is 0 Å². The highest BCUT2D eigenvalue weighted by atomic mass is 31.2. The molecule has 0 aromatic rings. The lowest BCUT2D eigenvalue weighted by atomic mass is 10.0. The first-order valence-electron chi connectivity index (χ1n) is 37.1. The highest BCUT2D eigenvalue weighted by Crippen LogP contribution is 2.45. The summed E-state index contributed by atoms with van der Waals surface area (Å²) in [5.41, 5.74) is 0. The van der Waals surface area contributed by atoms with Crippen LogP contribution in [0.1, 0.15) is 369 Å². The number of carbonyl (C=O) groups is 4. The van der Waals surface area contributed by atoms with Gasteiger partial charge in [0.15, 0.2) is 12.2 Å². The number of hydrogen-bond acceptors (Lipinski definition) is 15. The summed E-state index contributed by atoms with van der Waals surface area (Å²) in [5.74, 6) is -1.37. The zero-order chi connectivity index (χ0) is 66.3. The fourth-order valence-electron chi connectivity index (χ4n) is 10.8. The lowest BCUT2D eigenvalue weighted by molar-refractivity contribution is -0.161. The molecule has 0 rings (SSSR count). The number of ether oxygens (including phenoxy) is 4. The Kier molecular flexibility index (Phi) is 63.0. The lowest BCUT2D eigenvalue weighted by Crippen LogP contribution is -2.30. The Morgan fingerprint density at radius 3 is 0.756 bits per heavy atom. The van der Waals surface area contributed by atoms with Crippen LogP contribution in [0.4, 0.5) is 0 Å². The molecule has 0 heterocycles. The van der Waals surface area contributed by atoms with E-state index in [0.717, 1.165) is 109 Å². The van der Waals surface area contributed by atoms with Crippen LogP contribution in [0.2, 0.25) is 0 Å². The minimum atomic E-state index is -4.95. The third kappa shape index (κ3) is 64.8. The van der Waals surface area contributed by atoms with E-state index < -0.39 is 97.5 Å². The normalized spacial score (nSPS) is 14.1. The summed E-state index contributed by atoms with van der Waals surface area (Å²) < 4.78 is 68.2. The minimum Gasteiger partial charge on any atom is -0.462 e. The minimum absolute atomic E-state index is 0.107. The highest BCUT2D eigenvalue weighted by molar-refractivity contribution is 7.47. The monoisotopic (exact) mass is 1320 g/mol. The molecule has 0 fully saturated rings. The van der Waals surface area contributed by atoms with E-state index in [1.165, 1.54) is 180 Å². The predicted molar refractivity (Wildman–Crippen MR) is 363 cm³/mol. The van der Waals surface area contributed by atoms with Gasteiger partial charge in [0.1, 0.15) is 19.3 Å². The average Bonchev–Trinajstić information content (AvgIpc) is 3.21. The fraction of sp³-hybridized carbons (Fsp3) is 0.944. The third-order valence-corrected chi connectivity index (χ3v) is 18.4. The molecular weight excluding hydrogens is 1190 g/mol. The van der Waals surface area contributed by atoms with Crippen LogP contribution < -0.4 is 0 Å². The van der Waals surface area contributed by atoms with Crippen molar-refractivity contribution in [3.05, 3.63) is 0 Å². The molecule has 0 spiro atoms. The van der Waals surface area contributed by atoms with Crippen molar-refractivity contribution in [2.45, 2.75) is 387 Å². The van der Waals surface area contributed by atoms with Gasteiger partial charge in [-0.2, -0.15) is 0 Å². The number of hydrogen-bond donors (Lipinski definition) is 3. The van der Waals surface area contributed by atoms with E-state index in [9.17, 15) is 43.2 Å². The van der Waals surface area contributed by atoms with E-state index in [1.807, 2.05) is 0 Å². The first-order valence-corrected chi connectivity index (χ1v) is 40.1. The van der Waals surface area contributed by atoms with Crippen molar-refractivity contribution >= 4 is 39.5 Å². The molecule has 0 aliphatic carbocycles. The van der Waals surface area contributed by atoms with E-state index in [4.69, 9.17) is 37.0 Å². The van der Waals surface area contributed by atoms with E-state index in [0.29, 0.717) is 25.7 Å². The number of aliphatic hydroxyl groups is 1. The predicted octanol–water partition coefficient (Wildman–Crippen LogP) is 20.5. The molecule has 2 unspecified atom stereocenters. The summed E-state index contributed by atoms with van der Waals surface area (Å²) in [6.07, 6.45) is 51.4. The van der Waals surface area contributed by atoms with Gasteiger partial charge in [-0.25, -0.2) is 9.13 Å². The van der Waals surface area contributed by atoms with Crippen LogP contribution in [-0.4, -0.2) is 96.7 Å². The number of carbonyl (C=O) groups excluding carboxylic acids is 4. The lowest BCUT2D eigenvalue weighted by Gasteiger charge is -2.21. The molecule has 0 aliphatic rings. The van der Waals surface area contributed by atoms with Gasteiger partial charge in [-0.3, -0.25) is 37.3 Å². The van der Waals surface area contributed by atoms with E-state index in [-0.39, 0.29) is 25.7 Å². The van der Waals surface area contributed by atoms with E-state index >= 15 is 0 Å². The van der Waals surface area contributed by atoms with Gasteiger partial charge in [0.05, 0.1) is 26.4 Å². The molecule has 0 saturated carbocycles. The average molecular weight is 1330 g/mol. The molecular formula is C71H138O17P2. The van der Waals surface area contributed by atoms with Crippen molar-refractivity contribution in [3.8, 4) is 0 Å². The Bertz CT molecular complexity index is 1740. The molecule has 0 bridgehead atoms. The second-order valence-corrected chi connectivity index (χ2v) is 29.0. The maximum Gasteiger partial charge on any atom is 0.472 e. The van der Waals surface area contributed by atoms with Crippen molar-refractivity contribution in [1.82, 2.24) is 0 Å². The van der Waals surface area contributed by atoms with Gasteiger partial charge in [-0.15, -0.1) is 0 Å². The summed E-state index contributed by atoms with van der Waals surface area (Å²) >= 11 is 0. The number of phosphoric ester groups is 2. The Hall–Kier alpha value is -1.94. The Balaban J connectivity index is 5.20. The highest BCUT2D eigenvalue weighted by Gasteiger charge is 2.30. The van der Waals surface area contributed by atoms with Gasteiger partial charge < -0.3 is 33.8 Å². The standard InChI is InChI=1S/C71H138O17P2/c1-6-9-12-15-18-20-22-24-25-26-27-29-31-37-42-47-52-57-71(76)88-67(61-82-69(74)55-50-45-40-35-33-32-34-39-43-48-53-64(4)5)63-86-90(79,80)84-59-65(72)58-83-89(77,78)85-62-66(60-81-68(73)54-49-44-38-17-14-11-8-3)87-70(75)56-51-46-41-36-30-28-23-21-19-16-13-10-7-2/h64-67,72H,6-63H2,1-5H3,(H,77,78)(H,79,80)/t65-,66+,67+/m0/s1. The maximum atomic E-state index is 13.0. The number of phosphoric acid groups is 2. The second kappa shape index (κ2) is 64.4. The number of aliphatic hydroxyl groups excluding tert-OH is 1. The maximum absolute atomic E-state index is 13.0. The Morgan fingerprint density at radius 2 is 0.511 bits per heavy atom. The van der Waals surface area contributed by atoms with Gasteiger partial charge in [0.25, 0.3) is 0 Å². The zero-order valence-electron chi connectivity index (χ0n) is 58.3. The van der Waals surface area contributed by atoms with Crippen molar-refractivity contribution < 1.29 is 80.2 Å². The topological polar surface area (TPSA) is 237 Å². The molecule has 17 nitrogen and oxygen atoms in total. The molecule has 0 aliphatic heterocycles. The zero-order valence-corrected chi connectivity index (χ0v) is 60.1. The quantitative estimate of drug-likeness (QED) is 0.0222. The molecule has 3 N–H and O–H groups in total. The fourth-order valence-corrected chi connectivity index (χ4v) is 12.4. The molecule has 0 radical (unpaired) electrons. The van der Waals surface area contributed by atoms with Crippen LogP contribution in [0, 0.1) is 5.92 Å². The van der Waals surface area contributed by atoms with Crippen molar-refractivity contribution in [1.29, 1.82) is 0 Å². The summed E-state index contributed by atoms with van der Waals surface area (Å²) in [6.45, 7) is 7.22. The molecule has 90 heavy (non-hydrogen) atoms. The van der Waals surface area contributed by atoms with Gasteiger partial charge >= 0.3 is 39.5 Å². The summed E-state index contributed by atoms with van der Waals surface area (Å²) in [5, 5.41) is 10.6. The van der Waals surface area contributed by atoms with Gasteiger partial charge in [-0.1, -0.05) is 317 Å². The SMILES string of the molecule is CCCCCCCCCCCCCCCCCCCC(=O)O[C@H](COC(=O)CCCCCCCCCCCCC(C)C)COP(=O)(O)OC[C@@H](O)COP(=O)(O)OC[C@@H](COC(=O)CCCCCCCCC)OC(=O)CCCCCCCCCCCCCCC. The van der Waals surface area contributed by atoms with Gasteiger partial charge in [-0.05, 0) is 31.6 Å². The van der Waals surface area contributed by atoms with Gasteiger partial charge in [0.2, 0.25) is 0 Å². The van der Waals surface area contributed by atoms with Crippen LogP contribution in [0.5, 0.6) is 0 Å². The Labute approximate surface area is 549 Å². The molecule has 0 aromatic carbocycles. The summed E-state index contributed by atoms with van der Waals surface area (Å²) in [6, 6.07) is 0. The van der Waals surface area contributed by atoms with Crippen LogP contribution in [-0.2, 0) is 65.4 Å². The molecule has 0 saturated heterocycles. The van der Waals surface area contributed by atoms with E-state index in [2.05, 4.69) is 34.6 Å². The molecule has 0 amide bonds. The van der Waals surface area contributed by atoms with Crippen LogP contribution >= 0.6 is 15.6 Å². The van der Waals surface area contributed by atoms with Crippen molar-refractivity contribution in [2.75, 3.05) is 39.6 Å². The Morgan fingerprint density at radius 1 is 0.300 bits per heavy atom. The van der Waals surface area contributed by atoms with Crippen LogP contribution in [0.3, 0.4) is 0 Å². The smallest absolute Gasteiger partial charge is 0.462 e. The number of esters is 4. The van der Waals surface area contributed by atoms with Gasteiger partial charge in [0, 0.05) is 25.7 Å². The van der Waals surface area contributed by atoms with E-state index in [1.54, 1.807) is 0 Å². The van der Waals surface area contributed by atoms with Crippen molar-refractivity contribution in [3.63, 3.8) is 0 Å².